The molecule has 4 aromatic heterocycles. The molecule has 0 radical (unpaired) electrons. The van der Waals surface area contributed by atoms with Gasteiger partial charge in [0.25, 0.3) is 0 Å². The van der Waals surface area contributed by atoms with Gasteiger partial charge in [0.05, 0.1) is 30.8 Å². The van der Waals surface area contributed by atoms with Crippen LogP contribution in [-0.4, -0.2) is 52.2 Å². The quantitative estimate of drug-likeness (QED) is 0.0553. The van der Waals surface area contributed by atoms with Crippen molar-refractivity contribution in [2.24, 2.45) is 11.8 Å². The van der Waals surface area contributed by atoms with Crippen molar-refractivity contribution in [2.45, 2.75) is 80.8 Å². The molecular weight excluding hydrogens is 956 g/mol. The number of carbonyl (C=O) groups excluding carboxylic acids is 1. The van der Waals surface area contributed by atoms with Crippen LogP contribution < -0.4 is 28.7 Å². The first-order valence-electron chi connectivity index (χ1n) is 23.2. The molecule has 0 spiro atoms. The number of carbonyl (C=O) groups is 2. The number of aromatic nitrogens is 2. The van der Waals surface area contributed by atoms with E-state index in [0.29, 0.717) is 51.0 Å². The molecule has 2 N–H and O–H groups in total. The van der Waals surface area contributed by atoms with Crippen LogP contribution in [0.3, 0.4) is 0 Å². The number of hydrogen-bond donors (Lipinski definition) is 1. The molecule has 0 saturated carbocycles. The van der Waals surface area contributed by atoms with Gasteiger partial charge in [-0.25, -0.2) is 9.97 Å². The molecule has 0 bridgehead atoms. The van der Waals surface area contributed by atoms with Crippen molar-refractivity contribution in [3.63, 3.8) is 0 Å². The van der Waals surface area contributed by atoms with Crippen molar-refractivity contribution in [1.29, 1.82) is 0 Å². The maximum Gasteiger partial charge on any atom is 1.00 e. The van der Waals surface area contributed by atoms with Gasteiger partial charge in [-0.1, -0.05) is 144 Å². The third-order valence-corrected chi connectivity index (χ3v) is 14.7. The Labute approximate surface area is 448 Å². The Morgan fingerprint density at radius 3 is 1.32 bits per heavy atom. The summed E-state index contributed by atoms with van der Waals surface area (Å²) in [6, 6.07) is 42.1. The van der Waals surface area contributed by atoms with Crippen molar-refractivity contribution in [3.05, 3.63) is 164 Å². The summed E-state index contributed by atoms with van der Waals surface area (Å²) < 4.78 is 5.19. The van der Waals surface area contributed by atoms with E-state index >= 15 is 0 Å². The van der Waals surface area contributed by atoms with Gasteiger partial charge in [-0.2, -0.15) is 22.7 Å². The number of nitrogens with zero attached hydrogens (tertiary/aromatic N) is 4. The Balaban J connectivity index is 0.000000296. The predicted molar refractivity (Wildman–Crippen MR) is 296 cm³/mol. The van der Waals surface area contributed by atoms with Gasteiger partial charge in [-0.05, 0) is 98.6 Å². The fourth-order valence-corrected chi connectivity index (χ4v) is 11.7. The Kier molecular flexibility index (Phi) is 24.0. The van der Waals surface area contributed by atoms with Crippen LogP contribution in [0.4, 0.5) is 10.3 Å². The summed E-state index contributed by atoms with van der Waals surface area (Å²) in [4.78, 5) is 40.5. The normalized spacial score (nSPS) is 10.6. The maximum absolute atomic E-state index is 12.1. The van der Waals surface area contributed by atoms with Gasteiger partial charge < -0.3 is 25.1 Å². The summed E-state index contributed by atoms with van der Waals surface area (Å²) >= 11 is 6.84. The molecule has 71 heavy (non-hydrogen) atoms. The average Bonchev–Trinajstić information content (AvgIpc) is 4.19. The number of hydrogen-bond acceptors (Lipinski definition) is 12. The van der Waals surface area contributed by atoms with E-state index in [1.165, 1.54) is 37.6 Å². The molecule has 14 heteroatoms. The van der Waals surface area contributed by atoms with E-state index in [1.54, 1.807) is 45.3 Å². The molecule has 8 rings (SSSR count). The topological polar surface area (TPSA) is 126 Å². The minimum absolute atomic E-state index is 0. The van der Waals surface area contributed by atoms with Gasteiger partial charge in [-0.3, -0.25) is 9.59 Å². The van der Waals surface area contributed by atoms with Gasteiger partial charge in [0.15, 0.2) is 10.3 Å². The van der Waals surface area contributed by atoms with Crippen molar-refractivity contribution in [1.82, 2.24) is 9.97 Å². The van der Waals surface area contributed by atoms with Gasteiger partial charge in [0.2, 0.25) is 0 Å². The second-order valence-electron chi connectivity index (χ2n) is 17.4. The second-order valence-corrected chi connectivity index (χ2v) is 21.1. The van der Waals surface area contributed by atoms with E-state index in [9.17, 15) is 14.7 Å². The average molecular weight is 1020 g/mol. The third kappa shape index (κ3) is 17.1. The van der Waals surface area contributed by atoms with Gasteiger partial charge in [0.1, 0.15) is 0 Å². The number of anilines is 2. The van der Waals surface area contributed by atoms with Crippen molar-refractivity contribution in [3.8, 4) is 44.8 Å². The van der Waals surface area contributed by atoms with Crippen LogP contribution in [0, 0.1) is 11.8 Å². The zero-order chi connectivity index (χ0) is 47.8. The summed E-state index contributed by atoms with van der Waals surface area (Å²) in [5.74, 6) is 0.0583. The second kappa shape index (κ2) is 29.2. The van der Waals surface area contributed by atoms with Crippen LogP contribution in [0.5, 0.6) is 0 Å². The van der Waals surface area contributed by atoms with Gasteiger partial charge in [0, 0.05) is 47.1 Å². The minimum atomic E-state index is -0.795. The molecule has 0 atom stereocenters. The van der Waals surface area contributed by atoms with Crippen LogP contribution in [0.2, 0.25) is 0 Å². The first-order valence-corrected chi connectivity index (χ1v) is 26.7. The molecule has 0 aliphatic rings. The molecule has 9 nitrogen and oxygen atoms in total. The Morgan fingerprint density at radius 2 is 0.972 bits per heavy atom. The summed E-state index contributed by atoms with van der Waals surface area (Å²) in [5.41, 5.74) is 11.5. The molecule has 0 amide bonds. The van der Waals surface area contributed by atoms with E-state index in [4.69, 9.17) is 14.7 Å². The molecule has 0 unspecified atom stereocenters. The predicted octanol–water partition coefficient (Wildman–Crippen LogP) is 12.4. The van der Waals surface area contributed by atoms with Crippen LogP contribution >= 0.6 is 45.3 Å². The summed E-state index contributed by atoms with van der Waals surface area (Å²) in [6.45, 7) is 13.5. The maximum atomic E-state index is 12.1. The fraction of sp³-hybridized carbons (Fsp3) is 0.298. The zero-order valence-corrected chi connectivity index (χ0v) is 44.2. The van der Waals surface area contributed by atoms with Gasteiger partial charge in [-0.15, -0.1) is 22.7 Å². The van der Waals surface area contributed by atoms with Crippen LogP contribution in [0.25, 0.3) is 44.8 Å². The number of aliphatic carboxylic acids is 1. The monoisotopic (exact) mass is 1020 g/mol. The number of carboxylic acids is 1. The summed E-state index contributed by atoms with van der Waals surface area (Å²) in [6.07, 6.45) is 2.33. The third-order valence-electron chi connectivity index (χ3n) is 11.0. The van der Waals surface area contributed by atoms with E-state index in [-0.39, 0.29) is 44.2 Å². The van der Waals surface area contributed by atoms with Crippen molar-refractivity contribution in [2.75, 3.05) is 29.5 Å². The molecule has 0 fully saturated rings. The van der Waals surface area contributed by atoms with Crippen LogP contribution in [-0.2, 0) is 40.3 Å². The number of rotatable bonds is 21. The van der Waals surface area contributed by atoms with Crippen LogP contribution in [0.15, 0.2) is 143 Å². The Bertz CT molecular complexity index is 2760. The van der Waals surface area contributed by atoms with Crippen molar-refractivity contribution >= 4 is 67.5 Å². The number of ether oxygens (including phenoxy) is 1. The molecule has 0 aliphatic heterocycles. The molecule has 4 heterocycles. The Hall–Kier alpha value is -5.36. The van der Waals surface area contributed by atoms with Crippen LogP contribution in [0.1, 0.15) is 75.8 Å². The molecular formula is C57H65LiN4O5S4. The molecule has 8 aromatic rings. The van der Waals surface area contributed by atoms with E-state index in [0.717, 1.165) is 51.2 Å². The number of thiophene rings is 2. The van der Waals surface area contributed by atoms with E-state index < -0.39 is 5.97 Å². The SMILES string of the molecule is C.CC(C)Cc1sc(N(CCC(=O)O)Cc2ccccc2)nc1-c1ccc(-c2ccsc2)cc1.CCOC(=O)CCN(Cc1ccccc1)c1nc(-c2ccc(-c3ccsc3)cc2)c(CC(C)C)s1.[Li+].[OH-]. The van der Waals surface area contributed by atoms with Crippen molar-refractivity contribution < 1.29 is 43.8 Å². The summed E-state index contributed by atoms with van der Waals surface area (Å²) in [7, 11) is 0. The molecule has 4 aromatic carbocycles. The first-order chi connectivity index (χ1) is 33.0. The standard InChI is InChI=1S/C29H32N2O2S2.C27H28N2O2S2.CH4.Li.H2O/c1-4-33-27(32)14-16-31(19-22-8-6-5-7-9-22)29-30-28(26(35-29)18-21(2)3)24-12-10-23(11-13-24)25-15-17-34-20-25;1-19(2)16-24-26(22-10-8-21(9-11-22)23-13-15-32-18-23)28-27(33-24)29(14-12-25(30)31)17-20-6-4-3-5-7-20;;;/h5-13,15,17,20-21H,4,14,16,18-19H2,1-3H3;3-11,13,15,18-19H,12,14,16-17H2,1-2H3,(H,30,31);1H4;;1H2/q;;;+1;/p-1. The largest absolute Gasteiger partial charge is 1.00 e. The first kappa shape index (κ1) is 58.2. The molecule has 0 aliphatic carbocycles. The van der Waals surface area contributed by atoms with E-state index in [1.807, 2.05) is 43.3 Å². The molecule has 368 valence electrons. The van der Waals surface area contributed by atoms with E-state index in [2.05, 4.69) is 144 Å². The summed E-state index contributed by atoms with van der Waals surface area (Å²) in [5, 5.41) is 19.7. The number of thiazole rings is 2. The molecule has 0 saturated heterocycles. The zero-order valence-electron chi connectivity index (χ0n) is 40.9. The number of esters is 1. The number of benzene rings is 4. The minimum Gasteiger partial charge on any atom is -0.870 e. The van der Waals surface area contributed by atoms with Gasteiger partial charge >= 0.3 is 30.8 Å². The number of carboxylic acid groups (broad SMARTS) is 1. The smallest absolute Gasteiger partial charge is 0.870 e. The fourth-order valence-electron chi connectivity index (χ4n) is 7.70. The Morgan fingerprint density at radius 1 is 0.577 bits per heavy atom.